The Morgan fingerprint density at radius 1 is 0.882 bits per heavy atom. The molecule has 0 saturated carbocycles. The van der Waals surface area contributed by atoms with Gasteiger partial charge in [-0.1, -0.05) is 81.4 Å². The van der Waals surface area contributed by atoms with Gasteiger partial charge in [-0.05, 0) is 42.6 Å². The van der Waals surface area contributed by atoms with Crippen molar-refractivity contribution in [3.05, 3.63) is 60.7 Å². The summed E-state index contributed by atoms with van der Waals surface area (Å²) in [6.07, 6.45) is -0.0591. The predicted molar refractivity (Wildman–Crippen MR) is 139 cm³/mol. The number of nitrogens with one attached hydrogen (secondary N) is 1. The fourth-order valence-electron chi connectivity index (χ4n) is 4.03. The molecule has 0 aliphatic heterocycles. The monoisotopic (exact) mass is 487 g/mol. The van der Waals surface area contributed by atoms with Crippen LogP contribution in [0, 0.1) is 0 Å². The second-order valence-corrected chi connectivity index (χ2v) is 14.7. The SMILES string of the molecule is CC(C)(C)OC(=O)N[C@@H](CO)CCOCCO[Si](c1ccccc1)(c1ccccc1)C(C)(C)C. The number of hydrogen-bond acceptors (Lipinski definition) is 5. The third-order valence-electron chi connectivity index (χ3n) is 5.51. The zero-order valence-electron chi connectivity index (χ0n) is 21.5. The minimum atomic E-state index is -2.58. The summed E-state index contributed by atoms with van der Waals surface area (Å²) < 4.78 is 17.9. The van der Waals surface area contributed by atoms with Crippen LogP contribution in [0.5, 0.6) is 0 Å². The maximum absolute atomic E-state index is 11.9. The number of amides is 1. The molecule has 1 atom stereocenters. The highest BCUT2D eigenvalue weighted by atomic mass is 28.4. The molecule has 2 aromatic rings. The molecular formula is C27H41NO5Si. The predicted octanol–water partition coefficient (Wildman–Crippen LogP) is 3.86. The van der Waals surface area contributed by atoms with Gasteiger partial charge in [0.15, 0.2) is 0 Å². The van der Waals surface area contributed by atoms with E-state index in [2.05, 4.69) is 74.6 Å². The smallest absolute Gasteiger partial charge is 0.407 e. The van der Waals surface area contributed by atoms with Gasteiger partial charge in [-0.3, -0.25) is 0 Å². The van der Waals surface area contributed by atoms with Crippen molar-refractivity contribution >= 4 is 24.8 Å². The molecule has 0 spiro atoms. The number of benzene rings is 2. The Bertz CT molecular complexity index is 823. The van der Waals surface area contributed by atoms with Crippen LogP contribution in [0.2, 0.25) is 5.04 Å². The first-order chi connectivity index (χ1) is 16.0. The average Bonchev–Trinajstić information content (AvgIpc) is 2.77. The number of aliphatic hydroxyl groups is 1. The lowest BCUT2D eigenvalue weighted by molar-refractivity contribution is 0.0444. The number of carbonyl (C=O) groups excluding carboxylic acids is 1. The first kappa shape index (κ1) is 28.0. The van der Waals surface area contributed by atoms with Gasteiger partial charge in [0.1, 0.15) is 5.60 Å². The summed E-state index contributed by atoms with van der Waals surface area (Å²) in [4.78, 5) is 11.9. The van der Waals surface area contributed by atoms with Crippen LogP contribution in [0.25, 0.3) is 0 Å². The maximum Gasteiger partial charge on any atom is 0.407 e. The summed E-state index contributed by atoms with van der Waals surface area (Å²) in [6, 6.07) is 20.6. The molecule has 1 amide bonds. The fourth-order valence-corrected chi connectivity index (χ4v) is 8.57. The second-order valence-electron chi connectivity index (χ2n) is 10.4. The van der Waals surface area contributed by atoms with Crippen molar-refractivity contribution in [1.82, 2.24) is 5.32 Å². The third kappa shape index (κ3) is 7.94. The highest BCUT2D eigenvalue weighted by Gasteiger charge is 2.49. The van der Waals surface area contributed by atoms with E-state index in [0.29, 0.717) is 26.2 Å². The van der Waals surface area contributed by atoms with Crippen LogP contribution in [0.4, 0.5) is 4.79 Å². The average molecular weight is 488 g/mol. The third-order valence-corrected chi connectivity index (χ3v) is 10.6. The molecule has 0 saturated heterocycles. The van der Waals surface area contributed by atoms with E-state index in [1.807, 2.05) is 12.1 Å². The minimum Gasteiger partial charge on any atom is -0.444 e. The molecule has 6 nitrogen and oxygen atoms in total. The molecule has 188 valence electrons. The van der Waals surface area contributed by atoms with E-state index < -0.39 is 26.1 Å². The van der Waals surface area contributed by atoms with E-state index in [4.69, 9.17) is 13.9 Å². The number of alkyl carbamates (subject to hydrolysis) is 1. The summed E-state index contributed by atoms with van der Waals surface area (Å²) in [5.41, 5.74) is -0.584. The number of hydrogen-bond donors (Lipinski definition) is 2. The largest absolute Gasteiger partial charge is 0.444 e. The lowest BCUT2D eigenvalue weighted by Gasteiger charge is -2.43. The van der Waals surface area contributed by atoms with Crippen molar-refractivity contribution in [3.8, 4) is 0 Å². The number of rotatable bonds is 11. The van der Waals surface area contributed by atoms with E-state index in [1.54, 1.807) is 20.8 Å². The number of ether oxygens (including phenoxy) is 2. The Balaban J connectivity index is 1.99. The van der Waals surface area contributed by atoms with E-state index in [9.17, 15) is 9.90 Å². The van der Waals surface area contributed by atoms with Crippen LogP contribution in [0.1, 0.15) is 48.0 Å². The molecule has 0 fully saturated rings. The van der Waals surface area contributed by atoms with Crippen molar-refractivity contribution in [3.63, 3.8) is 0 Å². The fraction of sp³-hybridized carbons (Fsp3) is 0.519. The topological polar surface area (TPSA) is 77.0 Å². The molecule has 34 heavy (non-hydrogen) atoms. The highest BCUT2D eigenvalue weighted by molar-refractivity contribution is 6.99. The Morgan fingerprint density at radius 2 is 1.41 bits per heavy atom. The van der Waals surface area contributed by atoms with E-state index in [0.717, 1.165) is 0 Å². The molecule has 0 unspecified atom stereocenters. The molecule has 2 rings (SSSR count). The summed E-state index contributed by atoms with van der Waals surface area (Å²) in [5, 5.41) is 14.6. The summed E-state index contributed by atoms with van der Waals surface area (Å²) >= 11 is 0. The molecule has 0 aliphatic carbocycles. The van der Waals surface area contributed by atoms with Gasteiger partial charge in [0.05, 0.1) is 25.9 Å². The number of carbonyl (C=O) groups is 1. The summed E-state index contributed by atoms with van der Waals surface area (Å²) in [6.45, 7) is 13.2. The molecule has 0 heterocycles. The van der Waals surface area contributed by atoms with E-state index >= 15 is 0 Å². The van der Waals surface area contributed by atoms with Crippen LogP contribution in [0.15, 0.2) is 60.7 Å². The molecule has 0 radical (unpaired) electrons. The van der Waals surface area contributed by atoms with Crippen LogP contribution in [-0.2, 0) is 13.9 Å². The Hall–Kier alpha value is -2.19. The van der Waals surface area contributed by atoms with Crippen molar-refractivity contribution < 1.29 is 23.8 Å². The van der Waals surface area contributed by atoms with Gasteiger partial charge in [0.25, 0.3) is 8.32 Å². The van der Waals surface area contributed by atoms with Gasteiger partial charge in [-0.2, -0.15) is 0 Å². The lowest BCUT2D eigenvalue weighted by atomic mass is 10.2. The molecule has 7 heteroatoms. The van der Waals surface area contributed by atoms with Crippen LogP contribution < -0.4 is 15.7 Å². The van der Waals surface area contributed by atoms with Gasteiger partial charge in [-0.25, -0.2) is 4.79 Å². The first-order valence-corrected chi connectivity index (χ1v) is 13.8. The van der Waals surface area contributed by atoms with Gasteiger partial charge in [0.2, 0.25) is 0 Å². The first-order valence-electron chi connectivity index (χ1n) is 11.9. The zero-order valence-corrected chi connectivity index (χ0v) is 22.5. The van der Waals surface area contributed by atoms with Gasteiger partial charge >= 0.3 is 6.09 Å². The van der Waals surface area contributed by atoms with Crippen LogP contribution in [-0.4, -0.2) is 57.6 Å². The maximum atomic E-state index is 11.9. The standard InChI is InChI=1S/C27H41NO5Si/c1-26(2,3)33-25(30)28-22(21-29)17-18-31-19-20-32-34(27(4,5)6,23-13-9-7-10-14-23)24-15-11-8-12-16-24/h7-16,22,29H,17-21H2,1-6H3,(H,28,30)/t22-/m1/s1. The number of aliphatic hydroxyl groups excluding tert-OH is 1. The van der Waals surface area contributed by atoms with Gasteiger partial charge < -0.3 is 24.3 Å². The van der Waals surface area contributed by atoms with Crippen molar-refractivity contribution in [2.45, 2.75) is 64.6 Å². The Morgan fingerprint density at radius 3 is 1.85 bits per heavy atom. The van der Waals surface area contributed by atoms with Gasteiger partial charge in [-0.15, -0.1) is 0 Å². The molecule has 0 aromatic heterocycles. The Labute approximate surface area is 205 Å². The summed E-state index contributed by atoms with van der Waals surface area (Å²) in [7, 11) is -2.58. The minimum absolute atomic E-state index is 0.0883. The molecule has 0 bridgehead atoms. The van der Waals surface area contributed by atoms with Crippen molar-refractivity contribution in [1.29, 1.82) is 0 Å². The quantitative estimate of drug-likeness (QED) is 0.372. The van der Waals surface area contributed by atoms with Crippen molar-refractivity contribution in [2.75, 3.05) is 26.4 Å². The highest BCUT2D eigenvalue weighted by Crippen LogP contribution is 2.36. The second kappa shape index (κ2) is 12.5. The van der Waals surface area contributed by atoms with Crippen LogP contribution >= 0.6 is 0 Å². The Kier molecular flexibility index (Phi) is 10.3. The zero-order chi connectivity index (χ0) is 25.2. The summed E-state index contributed by atoms with van der Waals surface area (Å²) in [5.74, 6) is 0. The molecule has 0 aliphatic rings. The normalized spacial score (nSPS) is 13.4. The van der Waals surface area contributed by atoms with Crippen LogP contribution in [0.3, 0.4) is 0 Å². The van der Waals surface area contributed by atoms with E-state index in [-0.39, 0.29) is 11.6 Å². The van der Waals surface area contributed by atoms with E-state index in [1.165, 1.54) is 10.4 Å². The van der Waals surface area contributed by atoms with Crippen molar-refractivity contribution in [2.24, 2.45) is 0 Å². The molecular weight excluding hydrogens is 446 g/mol. The van der Waals surface area contributed by atoms with Gasteiger partial charge in [0, 0.05) is 6.61 Å². The molecule has 2 N–H and O–H groups in total. The lowest BCUT2D eigenvalue weighted by Crippen LogP contribution is -2.66. The molecule has 2 aromatic carbocycles.